The zero-order valence-corrected chi connectivity index (χ0v) is 14.1. The first kappa shape index (κ1) is 15.2. The molecule has 0 unspecified atom stereocenters. The molecule has 0 radical (unpaired) electrons. The van der Waals surface area contributed by atoms with Crippen molar-refractivity contribution in [3.05, 3.63) is 50.7 Å². The normalized spacial score (nSPS) is 11.5. The van der Waals surface area contributed by atoms with Crippen LogP contribution in [0.3, 0.4) is 0 Å². The maximum absolute atomic E-state index is 13.1. The van der Waals surface area contributed by atoms with Crippen LogP contribution < -0.4 is 5.32 Å². The van der Waals surface area contributed by atoms with Gasteiger partial charge in [0.25, 0.3) is 0 Å². The molecule has 0 fully saturated rings. The minimum Gasteiger partial charge on any atom is -0.372 e. The standard InChI is InChI=1S/C15H17FIN3/c1-9-12(17)13(18-4)20-14(19-9)15(2,3)10-5-7-11(16)8-6-10/h5-8H,1-4H3,(H,18,19,20). The predicted octanol–water partition coefficient (Wildman–Crippen LogP) is 3.90. The van der Waals surface area contributed by atoms with Gasteiger partial charge in [-0.3, -0.25) is 0 Å². The molecule has 0 aliphatic rings. The van der Waals surface area contributed by atoms with E-state index in [1.165, 1.54) is 12.1 Å². The smallest absolute Gasteiger partial charge is 0.143 e. The minimum absolute atomic E-state index is 0.236. The highest BCUT2D eigenvalue weighted by Gasteiger charge is 2.27. The maximum Gasteiger partial charge on any atom is 0.143 e. The van der Waals surface area contributed by atoms with Crippen molar-refractivity contribution in [2.45, 2.75) is 26.2 Å². The lowest BCUT2D eigenvalue weighted by molar-refractivity contribution is 0.581. The molecule has 0 bridgehead atoms. The molecule has 1 N–H and O–H groups in total. The van der Waals surface area contributed by atoms with Gasteiger partial charge >= 0.3 is 0 Å². The zero-order valence-electron chi connectivity index (χ0n) is 12.0. The number of rotatable bonds is 3. The summed E-state index contributed by atoms with van der Waals surface area (Å²) in [6, 6.07) is 6.50. The van der Waals surface area contributed by atoms with Crippen LogP contribution in [0.25, 0.3) is 0 Å². The van der Waals surface area contributed by atoms with E-state index in [9.17, 15) is 4.39 Å². The fourth-order valence-corrected chi connectivity index (χ4v) is 2.51. The molecule has 106 valence electrons. The first-order valence-corrected chi connectivity index (χ1v) is 7.42. The first-order chi connectivity index (χ1) is 9.36. The fraction of sp³-hybridized carbons (Fsp3) is 0.333. The average molecular weight is 385 g/mol. The summed E-state index contributed by atoms with van der Waals surface area (Å²) in [6.07, 6.45) is 0. The average Bonchev–Trinajstić information content (AvgIpc) is 2.42. The van der Waals surface area contributed by atoms with Gasteiger partial charge < -0.3 is 5.32 Å². The summed E-state index contributed by atoms with van der Waals surface area (Å²) < 4.78 is 14.1. The summed E-state index contributed by atoms with van der Waals surface area (Å²) in [5, 5.41) is 3.09. The Morgan fingerprint density at radius 1 is 1.15 bits per heavy atom. The number of aromatic nitrogens is 2. The number of nitrogens with one attached hydrogen (secondary N) is 1. The van der Waals surface area contributed by atoms with E-state index in [4.69, 9.17) is 0 Å². The lowest BCUT2D eigenvalue weighted by atomic mass is 9.83. The van der Waals surface area contributed by atoms with E-state index in [2.05, 4.69) is 37.9 Å². The van der Waals surface area contributed by atoms with Gasteiger partial charge in [-0.25, -0.2) is 14.4 Å². The molecule has 0 amide bonds. The monoisotopic (exact) mass is 385 g/mol. The number of halogens is 2. The Labute approximate surface area is 132 Å². The summed E-state index contributed by atoms with van der Waals surface area (Å²) in [7, 11) is 1.85. The van der Waals surface area contributed by atoms with Gasteiger partial charge in [-0.05, 0) is 61.1 Å². The van der Waals surface area contributed by atoms with Crippen molar-refractivity contribution in [1.29, 1.82) is 0 Å². The SMILES string of the molecule is CNc1nc(C(C)(C)c2ccc(F)cc2)nc(C)c1I. The summed E-state index contributed by atoms with van der Waals surface area (Å²) in [4.78, 5) is 9.20. The Kier molecular flexibility index (Phi) is 4.27. The molecule has 1 heterocycles. The van der Waals surface area contributed by atoms with Crippen molar-refractivity contribution in [1.82, 2.24) is 9.97 Å². The van der Waals surface area contributed by atoms with Crippen LogP contribution in [0.4, 0.5) is 10.2 Å². The third-order valence-corrected chi connectivity index (χ3v) is 4.67. The van der Waals surface area contributed by atoms with Gasteiger partial charge in [0.05, 0.1) is 9.26 Å². The Hall–Kier alpha value is -1.24. The van der Waals surface area contributed by atoms with Gasteiger partial charge in [0.15, 0.2) is 0 Å². The number of benzene rings is 1. The number of aryl methyl sites for hydroxylation is 1. The van der Waals surface area contributed by atoms with Gasteiger partial charge in [-0.1, -0.05) is 12.1 Å². The zero-order chi connectivity index (χ0) is 14.9. The minimum atomic E-state index is -0.381. The first-order valence-electron chi connectivity index (χ1n) is 6.34. The molecular weight excluding hydrogens is 368 g/mol. The van der Waals surface area contributed by atoms with Gasteiger partial charge in [-0.15, -0.1) is 0 Å². The van der Waals surface area contributed by atoms with Crippen LogP contribution in [0.15, 0.2) is 24.3 Å². The molecule has 2 rings (SSSR count). The third kappa shape index (κ3) is 2.77. The van der Waals surface area contributed by atoms with Crippen LogP contribution in [0, 0.1) is 16.3 Å². The number of anilines is 1. The fourth-order valence-electron chi connectivity index (χ4n) is 2.00. The molecule has 3 nitrogen and oxygen atoms in total. The highest BCUT2D eigenvalue weighted by molar-refractivity contribution is 14.1. The largest absolute Gasteiger partial charge is 0.372 e. The van der Waals surface area contributed by atoms with E-state index >= 15 is 0 Å². The molecule has 0 saturated heterocycles. The predicted molar refractivity (Wildman–Crippen MR) is 87.6 cm³/mol. The Morgan fingerprint density at radius 2 is 1.75 bits per heavy atom. The number of nitrogens with zero attached hydrogens (tertiary/aromatic N) is 2. The van der Waals surface area contributed by atoms with Gasteiger partial charge in [0, 0.05) is 12.5 Å². The highest BCUT2D eigenvalue weighted by atomic mass is 127. The van der Waals surface area contributed by atoms with Gasteiger partial charge in [-0.2, -0.15) is 0 Å². The molecule has 0 saturated carbocycles. The molecule has 0 atom stereocenters. The Bertz CT molecular complexity index is 624. The highest BCUT2D eigenvalue weighted by Crippen LogP contribution is 2.31. The Balaban J connectivity index is 2.53. The van der Waals surface area contributed by atoms with E-state index in [1.807, 2.05) is 27.8 Å². The molecule has 2 aromatic rings. The van der Waals surface area contributed by atoms with Crippen LogP contribution in [0.2, 0.25) is 0 Å². The third-order valence-electron chi connectivity index (χ3n) is 3.38. The summed E-state index contributed by atoms with van der Waals surface area (Å²) in [5.41, 5.74) is 1.55. The number of hydrogen-bond acceptors (Lipinski definition) is 3. The van der Waals surface area contributed by atoms with Crippen LogP contribution >= 0.6 is 22.6 Å². The van der Waals surface area contributed by atoms with E-state index in [1.54, 1.807) is 12.1 Å². The second kappa shape index (κ2) is 5.63. The van der Waals surface area contributed by atoms with Crippen LogP contribution in [0.5, 0.6) is 0 Å². The van der Waals surface area contributed by atoms with E-state index in [0.717, 1.165) is 26.5 Å². The molecular formula is C15H17FIN3. The van der Waals surface area contributed by atoms with Crippen LogP contribution in [0.1, 0.15) is 30.9 Å². The second-order valence-electron chi connectivity index (χ2n) is 5.18. The van der Waals surface area contributed by atoms with Crippen molar-refractivity contribution in [3.63, 3.8) is 0 Å². The molecule has 0 aliphatic carbocycles. The Morgan fingerprint density at radius 3 is 2.30 bits per heavy atom. The molecule has 5 heteroatoms. The van der Waals surface area contributed by atoms with Crippen LogP contribution in [-0.4, -0.2) is 17.0 Å². The quantitative estimate of drug-likeness (QED) is 0.815. The van der Waals surface area contributed by atoms with Crippen LogP contribution in [-0.2, 0) is 5.41 Å². The van der Waals surface area contributed by atoms with Crippen molar-refractivity contribution < 1.29 is 4.39 Å². The second-order valence-corrected chi connectivity index (χ2v) is 6.26. The maximum atomic E-state index is 13.1. The van der Waals surface area contributed by atoms with Crippen molar-refractivity contribution >= 4 is 28.4 Å². The van der Waals surface area contributed by atoms with Gasteiger partial charge in [0.2, 0.25) is 0 Å². The summed E-state index contributed by atoms with van der Waals surface area (Å²) in [5.74, 6) is 1.31. The van der Waals surface area contributed by atoms with Gasteiger partial charge in [0.1, 0.15) is 17.5 Å². The summed E-state index contributed by atoms with van der Waals surface area (Å²) in [6.45, 7) is 6.05. The molecule has 0 aliphatic heterocycles. The lowest BCUT2D eigenvalue weighted by Gasteiger charge is -2.25. The lowest BCUT2D eigenvalue weighted by Crippen LogP contribution is -2.24. The van der Waals surface area contributed by atoms with Crippen molar-refractivity contribution in [3.8, 4) is 0 Å². The van der Waals surface area contributed by atoms with Crippen molar-refractivity contribution in [2.24, 2.45) is 0 Å². The molecule has 1 aromatic carbocycles. The van der Waals surface area contributed by atoms with E-state index in [0.29, 0.717) is 0 Å². The van der Waals surface area contributed by atoms with E-state index < -0.39 is 0 Å². The molecule has 0 spiro atoms. The van der Waals surface area contributed by atoms with Crippen molar-refractivity contribution in [2.75, 3.05) is 12.4 Å². The summed E-state index contributed by atoms with van der Waals surface area (Å²) >= 11 is 2.23. The topological polar surface area (TPSA) is 37.8 Å². The number of hydrogen-bond donors (Lipinski definition) is 1. The van der Waals surface area contributed by atoms with E-state index in [-0.39, 0.29) is 11.2 Å². The molecule has 20 heavy (non-hydrogen) atoms. The molecule has 1 aromatic heterocycles.